The Bertz CT molecular complexity index is 299. The Morgan fingerprint density at radius 1 is 1.43 bits per heavy atom. The molecular weight excluding hydrogens is 197 g/mol. The number of hydrogen-bond acceptors (Lipinski definition) is 2. The SMILES string of the molecule is CCP(=O)(CC)C1=[N+]([O-])C(C)(C)CC1. The molecule has 0 unspecified atom stereocenters. The van der Waals surface area contributed by atoms with Crippen molar-refractivity contribution in [2.24, 2.45) is 0 Å². The van der Waals surface area contributed by atoms with E-state index >= 15 is 0 Å². The van der Waals surface area contributed by atoms with Gasteiger partial charge in [0.15, 0.2) is 12.7 Å². The summed E-state index contributed by atoms with van der Waals surface area (Å²) >= 11 is 0. The highest BCUT2D eigenvalue weighted by Crippen LogP contribution is 2.50. The monoisotopic (exact) mass is 217 g/mol. The summed E-state index contributed by atoms with van der Waals surface area (Å²) in [6, 6.07) is 0. The van der Waals surface area contributed by atoms with Crippen molar-refractivity contribution in [2.75, 3.05) is 12.3 Å². The van der Waals surface area contributed by atoms with Crippen LogP contribution in [0.2, 0.25) is 0 Å². The molecule has 0 aromatic rings. The third-order valence-corrected chi connectivity index (χ3v) is 6.63. The van der Waals surface area contributed by atoms with Crippen LogP contribution in [-0.2, 0) is 4.57 Å². The van der Waals surface area contributed by atoms with E-state index in [0.29, 0.717) is 17.8 Å². The maximum absolute atomic E-state index is 12.4. The van der Waals surface area contributed by atoms with Crippen LogP contribution in [0, 0.1) is 5.21 Å². The highest BCUT2D eigenvalue weighted by atomic mass is 31.2. The van der Waals surface area contributed by atoms with Gasteiger partial charge in [-0.05, 0) is 0 Å². The predicted octanol–water partition coefficient (Wildman–Crippen LogP) is 2.87. The highest BCUT2D eigenvalue weighted by Gasteiger charge is 2.43. The summed E-state index contributed by atoms with van der Waals surface area (Å²) in [5.41, 5.74) is 0.322. The Labute approximate surface area is 86.2 Å². The van der Waals surface area contributed by atoms with Crippen LogP contribution in [0.25, 0.3) is 0 Å². The fraction of sp³-hybridized carbons (Fsp3) is 0.900. The van der Waals surface area contributed by atoms with Gasteiger partial charge in [0.2, 0.25) is 5.45 Å². The predicted molar refractivity (Wildman–Crippen MR) is 60.6 cm³/mol. The maximum atomic E-state index is 12.4. The van der Waals surface area contributed by atoms with Gasteiger partial charge in [0.25, 0.3) is 0 Å². The second kappa shape index (κ2) is 3.69. The lowest BCUT2D eigenvalue weighted by Gasteiger charge is -2.20. The van der Waals surface area contributed by atoms with E-state index in [1.54, 1.807) is 0 Å². The van der Waals surface area contributed by atoms with Crippen LogP contribution in [0.4, 0.5) is 0 Å². The Morgan fingerprint density at radius 3 is 2.21 bits per heavy atom. The lowest BCUT2D eigenvalue weighted by molar-refractivity contribution is -0.529. The van der Waals surface area contributed by atoms with Crippen LogP contribution in [0.5, 0.6) is 0 Å². The number of hydroxylamine groups is 1. The van der Waals surface area contributed by atoms with E-state index in [2.05, 4.69) is 0 Å². The average molecular weight is 217 g/mol. The van der Waals surface area contributed by atoms with Gasteiger partial charge < -0.3 is 9.77 Å². The largest absolute Gasteiger partial charge is 0.623 e. The first-order chi connectivity index (χ1) is 6.37. The minimum absolute atomic E-state index is 0.352. The normalized spacial score (nSPS) is 21.7. The zero-order chi connectivity index (χ0) is 11.0. The Hall–Kier alpha value is -0.300. The molecule has 3 nitrogen and oxygen atoms in total. The third kappa shape index (κ3) is 1.75. The molecule has 0 saturated carbocycles. The van der Waals surface area contributed by atoms with Crippen molar-refractivity contribution in [1.29, 1.82) is 0 Å². The Balaban J connectivity index is 3.12. The van der Waals surface area contributed by atoms with E-state index < -0.39 is 7.14 Å². The summed E-state index contributed by atoms with van der Waals surface area (Å²) in [6.45, 7) is 7.66. The molecule has 0 N–H and O–H groups in total. The van der Waals surface area contributed by atoms with Crippen LogP contribution in [0.3, 0.4) is 0 Å². The second-order valence-corrected chi connectivity index (χ2v) is 8.10. The lowest BCUT2D eigenvalue weighted by Crippen LogP contribution is -2.29. The molecule has 0 saturated heterocycles. The molecule has 1 rings (SSSR count). The molecule has 0 spiro atoms. The summed E-state index contributed by atoms with van der Waals surface area (Å²) < 4.78 is 13.4. The molecule has 82 valence electrons. The molecule has 1 heterocycles. The van der Waals surface area contributed by atoms with Crippen molar-refractivity contribution < 1.29 is 9.30 Å². The van der Waals surface area contributed by atoms with Gasteiger partial charge >= 0.3 is 0 Å². The quantitative estimate of drug-likeness (QED) is 0.414. The molecule has 0 fully saturated rings. The van der Waals surface area contributed by atoms with Gasteiger partial charge in [0.1, 0.15) is 0 Å². The fourth-order valence-corrected chi connectivity index (χ4v) is 4.23. The standard InChI is InChI=1S/C10H20NO2P/c1-5-14(13,6-2)9-7-8-10(3,4)11(9)12/h5-8H2,1-4H3. The van der Waals surface area contributed by atoms with E-state index in [9.17, 15) is 9.77 Å². The van der Waals surface area contributed by atoms with Gasteiger partial charge in [-0.25, -0.2) is 4.74 Å². The molecule has 4 heteroatoms. The summed E-state index contributed by atoms with van der Waals surface area (Å²) in [7, 11) is -2.33. The van der Waals surface area contributed by atoms with Crippen molar-refractivity contribution in [3.63, 3.8) is 0 Å². The summed E-state index contributed by atoms with van der Waals surface area (Å²) in [6.07, 6.45) is 2.78. The lowest BCUT2D eigenvalue weighted by atomic mass is 10.0. The van der Waals surface area contributed by atoms with E-state index in [4.69, 9.17) is 0 Å². The van der Waals surface area contributed by atoms with Gasteiger partial charge in [-0.2, -0.15) is 0 Å². The molecule has 0 radical (unpaired) electrons. The van der Waals surface area contributed by atoms with Crippen LogP contribution in [-0.4, -0.2) is 28.1 Å². The van der Waals surface area contributed by atoms with Gasteiger partial charge in [-0.1, -0.05) is 13.8 Å². The zero-order valence-electron chi connectivity index (χ0n) is 9.54. The fourth-order valence-electron chi connectivity index (χ4n) is 1.93. The first-order valence-corrected chi connectivity index (χ1v) is 7.37. The van der Waals surface area contributed by atoms with Gasteiger partial charge in [-0.3, -0.25) is 0 Å². The Kier molecular flexibility index (Phi) is 3.10. The molecular formula is C10H20NO2P. The van der Waals surface area contributed by atoms with Crippen LogP contribution in [0.1, 0.15) is 40.5 Å². The molecule has 14 heavy (non-hydrogen) atoms. The number of nitrogens with zero attached hydrogens (tertiary/aromatic N) is 1. The van der Waals surface area contributed by atoms with Crippen molar-refractivity contribution in [2.45, 2.75) is 46.1 Å². The van der Waals surface area contributed by atoms with Crippen molar-refractivity contribution in [1.82, 2.24) is 0 Å². The molecule has 0 bridgehead atoms. The highest BCUT2D eigenvalue weighted by molar-refractivity contribution is 7.80. The smallest absolute Gasteiger partial charge is 0.222 e. The molecule has 0 aromatic heterocycles. The van der Waals surface area contributed by atoms with E-state index in [1.165, 1.54) is 0 Å². The van der Waals surface area contributed by atoms with Crippen LogP contribution < -0.4 is 0 Å². The topological polar surface area (TPSA) is 43.1 Å². The van der Waals surface area contributed by atoms with Crippen molar-refractivity contribution in [3.05, 3.63) is 5.21 Å². The minimum atomic E-state index is -2.33. The van der Waals surface area contributed by atoms with E-state index in [1.807, 2.05) is 27.7 Å². The van der Waals surface area contributed by atoms with Gasteiger partial charge in [0.05, 0.1) is 0 Å². The van der Waals surface area contributed by atoms with Crippen LogP contribution in [0.15, 0.2) is 0 Å². The second-order valence-electron chi connectivity index (χ2n) is 4.54. The third-order valence-electron chi connectivity index (χ3n) is 3.24. The van der Waals surface area contributed by atoms with Crippen LogP contribution >= 0.6 is 7.14 Å². The molecule has 1 aliphatic rings. The maximum Gasteiger partial charge on any atom is 0.222 e. The summed E-state index contributed by atoms with van der Waals surface area (Å²) in [5.74, 6) is 0. The number of hydrogen-bond donors (Lipinski definition) is 0. The number of rotatable bonds is 3. The van der Waals surface area contributed by atoms with Gasteiger partial charge in [-0.15, -0.1) is 0 Å². The molecule has 0 aliphatic carbocycles. The van der Waals surface area contributed by atoms with Crippen molar-refractivity contribution >= 4 is 12.6 Å². The molecule has 0 amide bonds. The summed E-state index contributed by atoms with van der Waals surface area (Å²) in [4.78, 5) is 0. The average Bonchev–Trinajstić information content (AvgIpc) is 2.42. The van der Waals surface area contributed by atoms with E-state index in [0.717, 1.165) is 17.6 Å². The molecule has 0 atom stereocenters. The zero-order valence-corrected chi connectivity index (χ0v) is 10.4. The Morgan fingerprint density at radius 2 is 1.93 bits per heavy atom. The minimum Gasteiger partial charge on any atom is -0.623 e. The summed E-state index contributed by atoms with van der Waals surface area (Å²) in [5, 5.41) is 11.9. The first-order valence-electron chi connectivity index (χ1n) is 5.29. The van der Waals surface area contributed by atoms with Gasteiger partial charge in [0, 0.05) is 39.0 Å². The van der Waals surface area contributed by atoms with E-state index in [-0.39, 0.29) is 5.54 Å². The van der Waals surface area contributed by atoms with Crippen molar-refractivity contribution in [3.8, 4) is 0 Å². The molecule has 0 aromatic carbocycles. The molecule has 1 aliphatic heterocycles. The first kappa shape index (κ1) is 11.8.